The van der Waals surface area contributed by atoms with Crippen LogP contribution in [0.1, 0.15) is 23.2 Å². The van der Waals surface area contributed by atoms with Crippen LogP contribution in [-0.4, -0.2) is 52.0 Å². The number of halogens is 3. The van der Waals surface area contributed by atoms with E-state index in [0.29, 0.717) is 43.1 Å². The third kappa shape index (κ3) is 3.98. The molecule has 0 radical (unpaired) electrons. The normalized spacial score (nSPS) is 18.0. The van der Waals surface area contributed by atoms with E-state index in [9.17, 15) is 18.4 Å². The molecule has 1 N–H and O–H groups in total. The van der Waals surface area contributed by atoms with Crippen molar-refractivity contribution < 1.29 is 18.4 Å². The second kappa shape index (κ2) is 8.43. The topological polar surface area (TPSA) is 52.7 Å². The highest BCUT2D eigenvalue weighted by atomic mass is 35.5. The molecule has 0 aliphatic carbocycles. The summed E-state index contributed by atoms with van der Waals surface area (Å²) in [6, 6.07) is 9.58. The van der Waals surface area contributed by atoms with Gasteiger partial charge in [-0.1, -0.05) is 23.7 Å². The van der Waals surface area contributed by atoms with E-state index in [-0.39, 0.29) is 16.5 Å². The zero-order valence-corrected chi connectivity index (χ0v) is 17.6. The molecule has 4 rings (SSSR count). The Balaban J connectivity index is 1.43. The maximum atomic E-state index is 13.8. The molecule has 0 bridgehead atoms. The third-order valence-electron chi connectivity index (χ3n) is 5.53. The molecule has 0 unspecified atom stereocenters. The quantitative estimate of drug-likeness (QED) is 0.711. The fourth-order valence-electron chi connectivity index (χ4n) is 3.93. The van der Waals surface area contributed by atoms with E-state index in [1.54, 1.807) is 40.9 Å². The van der Waals surface area contributed by atoms with Crippen molar-refractivity contribution in [3.63, 3.8) is 0 Å². The number of piperidine rings is 1. The molecule has 0 atom stereocenters. The summed E-state index contributed by atoms with van der Waals surface area (Å²) in [5, 5.41) is 2.92. The minimum Gasteiger partial charge on any atom is -0.324 e. The Hall–Kier alpha value is -2.32. The molecule has 9 heteroatoms. The van der Waals surface area contributed by atoms with E-state index in [0.717, 1.165) is 17.9 Å². The molecule has 2 aliphatic heterocycles. The molecule has 1 spiro atoms. The minimum atomic E-state index is -0.820. The van der Waals surface area contributed by atoms with E-state index in [1.165, 1.54) is 6.07 Å². The van der Waals surface area contributed by atoms with Crippen LogP contribution in [-0.2, 0) is 0 Å². The van der Waals surface area contributed by atoms with Crippen LogP contribution in [0.2, 0.25) is 5.02 Å². The molecular formula is C21H20ClF2N3O2S. The van der Waals surface area contributed by atoms with Gasteiger partial charge in [0.2, 0.25) is 0 Å². The lowest BCUT2D eigenvalue weighted by atomic mass is 10.0. The predicted octanol–water partition coefficient (Wildman–Crippen LogP) is 4.83. The summed E-state index contributed by atoms with van der Waals surface area (Å²) in [5.74, 6) is -0.799. The molecule has 30 heavy (non-hydrogen) atoms. The van der Waals surface area contributed by atoms with Crippen molar-refractivity contribution in [1.29, 1.82) is 0 Å². The highest BCUT2D eigenvalue weighted by molar-refractivity contribution is 8.00. The largest absolute Gasteiger partial charge is 0.324 e. The highest BCUT2D eigenvalue weighted by Crippen LogP contribution is 2.45. The number of thioether (sulfide) groups is 1. The Morgan fingerprint density at radius 3 is 2.50 bits per heavy atom. The summed E-state index contributed by atoms with van der Waals surface area (Å²) in [5.41, 5.74) is 0.417. The average molecular weight is 452 g/mol. The van der Waals surface area contributed by atoms with Crippen molar-refractivity contribution in [1.82, 2.24) is 9.80 Å². The zero-order valence-electron chi connectivity index (χ0n) is 16.0. The second-order valence-electron chi connectivity index (χ2n) is 7.27. The van der Waals surface area contributed by atoms with Gasteiger partial charge in [0, 0.05) is 31.5 Å². The smallest absolute Gasteiger partial charge is 0.321 e. The maximum Gasteiger partial charge on any atom is 0.321 e. The third-order valence-corrected chi connectivity index (χ3v) is 7.41. The van der Waals surface area contributed by atoms with Gasteiger partial charge in [0.25, 0.3) is 5.91 Å². The maximum absolute atomic E-state index is 13.8. The fourth-order valence-corrected chi connectivity index (χ4v) is 5.61. The standard InChI is InChI=1S/C21H20ClF2N3O2S/c22-16-4-2-1-3-15(16)19(28)27-11-12-30-21(27)7-9-26(10-8-21)20(29)25-18-6-5-14(23)13-17(18)24/h1-6,13H,7-12H2,(H,25,29). The molecule has 2 fully saturated rings. The van der Waals surface area contributed by atoms with Crippen LogP contribution in [0.4, 0.5) is 19.3 Å². The molecule has 0 saturated carbocycles. The summed E-state index contributed by atoms with van der Waals surface area (Å²) >= 11 is 7.95. The van der Waals surface area contributed by atoms with Gasteiger partial charge >= 0.3 is 6.03 Å². The SMILES string of the molecule is O=C(Nc1ccc(F)cc1F)N1CCC2(CC1)SCCN2C(=O)c1ccccc1Cl. The predicted molar refractivity (Wildman–Crippen MR) is 114 cm³/mol. The molecule has 0 aromatic heterocycles. The number of amides is 3. The molecular weight excluding hydrogens is 432 g/mol. The van der Waals surface area contributed by atoms with E-state index in [2.05, 4.69) is 5.32 Å². The van der Waals surface area contributed by atoms with Gasteiger partial charge in [0.15, 0.2) is 0 Å². The van der Waals surface area contributed by atoms with Crippen LogP contribution in [0.3, 0.4) is 0 Å². The monoisotopic (exact) mass is 451 g/mol. The highest BCUT2D eigenvalue weighted by Gasteiger charge is 2.47. The second-order valence-corrected chi connectivity index (χ2v) is 9.14. The molecule has 2 aromatic carbocycles. The summed E-state index contributed by atoms with van der Waals surface area (Å²) in [6.07, 6.45) is 1.21. The molecule has 5 nitrogen and oxygen atoms in total. The molecule has 2 aliphatic rings. The Morgan fingerprint density at radius 1 is 1.07 bits per heavy atom. The van der Waals surface area contributed by atoms with Crippen LogP contribution in [0, 0.1) is 11.6 Å². The lowest BCUT2D eigenvalue weighted by Crippen LogP contribution is -2.54. The molecule has 2 saturated heterocycles. The Labute approximate surface area is 182 Å². The summed E-state index contributed by atoms with van der Waals surface area (Å²) in [7, 11) is 0. The first-order chi connectivity index (χ1) is 14.4. The first kappa shape index (κ1) is 20.9. The van der Waals surface area contributed by atoms with E-state index >= 15 is 0 Å². The van der Waals surface area contributed by atoms with Crippen LogP contribution < -0.4 is 5.32 Å². The van der Waals surface area contributed by atoms with Crippen molar-refractivity contribution in [2.75, 3.05) is 30.7 Å². The van der Waals surface area contributed by atoms with Crippen molar-refractivity contribution in [3.05, 3.63) is 64.7 Å². The first-order valence-corrected chi connectivity index (χ1v) is 11.0. The van der Waals surface area contributed by atoms with Crippen molar-refractivity contribution in [3.8, 4) is 0 Å². The number of hydrogen-bond acceptors (Lipinski definition) is 3. The number of nitrogens with zero attached hydrogens (tertiary/aromatic N) is 2. The molecule has 3 amide bonds. The van der Waals surface area contributed by atoms with Gasteiger partial charge in [-0.15, -0.1) is 11.8 Å². The number of hydrogen-bond donors (Lipinski definition) is 1. The van der Waals surface area contributed by atoms with Gasteiger partial charge in [-0.05, 0) is 37.1 Å². The number of benzene rings is 2. The van der Waals surface area contributed by atoms with E-state index in [4.69, 9.17) is 11.6 Å². The Morgan fingerprint density at radius 2 is 1.80 bits per heavy atom. The van der Waals surface area contributed by atoms with Crippen LogP contribution in [0.25, 0.3) is 0 Å². The summed E-state index contributed by atoms with van der Waals surface area (Å²) in [6.45, 7) is 1.48. The minimum absolute atomic E-state index is 0.0625. The Bertz CT molecular complexity index is 982. The lowest BCUT2D eigenvalue weighted by molar-refractivity contribution is 0.0586. The van der Waals surface area contributed by atoms with E-state index < -0.39 is 17.7 Å². The van der Waals surface area contributed by atoms with Gasteiger partial charge in [-0.3, -0.25) is 4.79 Å². The number of anilines is 1. The lowest BCUT2D eigenvalue weighted by Gasteiger charge is -2.44. The summed E-state index contributed by atoms with van der Waals surface area (Å²) in [4.78, 5) is 28.7. The van der Waals surface area contributed by atoms with E-state index in [1.807, 2.05) is 4.90 Å². The van der Waals surface area contributed by atoms with Crippen LogP contribution in [0.5, 0.6) is 0 Å². The number of rotatable bonds is 2. The average Bonchev–Trinajstić information content (AvgIpc) is 3.13. The van der Waals surface area contributed by atoms with Crippen molar-refractivity contribution in [2.45, 2.75) is 17.7 Å². The number of carbonyl (C=O) groups excluding carboxylic acids is 2. The molecule has 2 heterocycles. The summed E-state index contributed by atoms with van der Waals surface area (Å²) < 4.78 is 26.9. The van der Waals surface area contributed by atoms with Gasteiger partial charge in [0.05, 0.1) is 21.1 Å². The van der Waals surface area contributed by atoms with Crippen LogP contribution >= 0.6 is 23.4 Å². The molecule has 158 valence electrons. The Kier molecular flexibility index (Phi) is 5.88. The number of likely N-dealkylation sites (tertiary alicyclic amines) is 1. The fraction of sp³-hybridized carbons (Fsp3) is 0.333. The van der Waals surface area contributed by atoms with Gasteiger partial charge in [-0.2, -0.15) is 0 Å². The zero-order chi connectivity index (χ0) is 21.3. The van der Waals surface area contributed by atoms with Gasteiger partial charge < -0.3 is 15.1 Å². The van der Waals surface area contributed by atoms with Crippen molar-refractivity contribution >= 4 is 41.0 Å². The number of urea groups is 1. The van der Waals surface area contributed by atoms with Gasteiger partial charge in [-0.25, -0.2) is 13.6 Å². The first-order valence-electron chi connectivity index (χ1n) is 9.61. The van der Waals surface area contributed by atoms with Crippen molar-refractivity contribution in [2.24, 2.45) is 0 Å². The van der Waals surface area contributed by atoms with Crippen LogP contribution in [0.15, 0.2) is 42.5 Å². The van der Waals surface area contributed by atoms with Gasteiger partial charge in [0.1, 0.15) is 11.6 Å². The number of carbonyl (C=O) groups is 2. The molecule has 2 aromatic rings. The number of nitrogens with one attached hydrogen (secondary N) is 1.